The Morgan fingerprint density at radius 1 is 0.944 bits per heavy atom. The molecule has 2 aromatic carbocycles. The molecule has 0 aromatic heterocycles. The number of para-hydroxylation sites is 1. The average molecular weight is 264 g/mol. The number of halogens is 1. The molecule has 0 saturated heterocycles. The van der Waals surface area contributed by atoms with Gasteiger partial charge >= 0.3 is 0 Å². The first-order valence-corrected chi connectivity index (χ1v) is 5.82. The van der Waals surface area contributed by atoms with Gasteiger partial charge in [-0.05, 0) is 18.2 Å². The van der Waals surface area contributed by atoms with E-state index in [1.54, 1.807) is 20.3 Å². The summed E-state index contributed by atoms with van der Waals surface area (Å²) in [5.41, 5.74) is 8.38. The van der Waals surface area contributed by atoms with E-state index in [0.717, 1.165) is 11.1 Å². The third-order valence-electron chi connectivity index (χ3n) is 2.74. The number of hydrogen-bond acceptors (Lipinski definition) is 3. The minimum Gasteiger partial charge on any atom is -0.495 e. The molecule has 0 heterocycles. The predicted octanol–water partition coefficient (Wildman–Crippen LogP) is 3.61. The zero-order valence-electron chi connectivity index (χ0n) is 10.2. The van der Waals surface area contributed by atoms with Crippen molar-refractivity contribution in [2.24, 2.45) is 0 Å². The lowest BCUT2D eigenvalue weighted by Gasteiger charge is -2.14. The maximum atomic E-state index is 6.23. The van der Waals surface area contributed by atoms with Gasteiger partial charge in [-0.1, -0.05) is 29.8 Å². The SMILES string of the molecule is COc1ccc(-c2ccccc2N)c(OC)c1Cl. The molecule has 0 unspecified atom stereocenters. The topological polar surface area (TPSA) is 44.5 Å². The average Bonchev–Trinajstić information content (AvgIpc) is 2.39. The molecule has 4 heteroatoms. The van der Waals surface area contributed by atoms with Crippen LogP contribution in [0.15, 0.2) is 36.4 Å². The summed E-state index contributed by atoms with van der Waals surface area (Å²) in [4.78, 5) is 0. The Kier molecular flexibility index (Phi) is 3.63. The Bertz CT molecular complexity index is 570. The second-order valence-corrected chi connectivity index (χ2v) is 4.13. The van der Waals surface area contributed by atoms with E-state index < -0.39 is 0 Å². The van der Waals surface area contributed by atoms with E-state index in [9.17, 15) is 0 Å². The Hall–Kier alpha value is -1.87. The van der Waals surface area contributed by atoms with Crippen molar-refractivity contribution in [2.45, 2.75) is 0 Å². The van der Waals surface area contributed by atoms with Gasteiger partial charge in [0.1, 0.15) is 16.5 Å². The summed E-state index contributed by atoms with van der Waals surface area (Å²) < 4.78 is 10.5. The van der Waals surface area contributed by atoms with Gasteiger partial charge in [0.25, 0.3) is 0 Å². The summed E-state index contributed by atoms with van der Waals surface area (Å²) >= 11 is 6.23. The Labute approximate surface area is 111 Å². The first-order valence-electron chi connectivity index (χ1n) is 5.44. The molecule has 0 amide bonds. The molecular weight excluding hydrogens is 250 g/mol. The fraction of sp³-hybridized carbons (Fsp3) is 0.143. The molecule has 2 rings (SSSR count). The van der Waals surface area contributed by atoms with Crippen molar-refractivity contribution in [3.8, 4) is 22.6 Å². The zero-order valence-corrected chi connectivity index (χ0v) is 11.0. The van der Waals surface area contributed by atoms with Crippen LogP contribution in [0.2, 0.25) is 5.02 Å². The van der Waals surface area contributed by atoms with Crippen molar-refractivity contribution in [3.63, 3.8) is 0 Å². The van der Waals surface area contributed by atoms with Crippen molar-refractivity contribution in [2.75, 3.05) is 20.0 Å². The minimum atomic E-state index is 0.445. The molecule has 0 atom stereocenters. The highest BCUT2D eigenvalue weighted by Gasteiger charge is 2.15. The van der Waals surface area contributed by atoms with Gasteiger partial charge in [-0.15, -0.1) is 0 Å². The molecule has 0 aliphatic heterocycles. The molecular formula is C14H14ClNO2. The van der Waals surface area contributed by atoms with Gasteiger partial charge in [0.2, 0.25) is 0 Å². The second kappa shape index (κ2) is 5.19. The summed E-state index contributed by atoms with van der Waals surface area (Å²) in [6.07, 6.45) is 0. The predicted molar refractivity (Wildman–Crippen MR) is 74.4 cm³/mol. The molecule has 0 spiro atoms. The first kappa shape index (κ1) is 12.6. The largest absolute Gasteiger partial charge is 0.495 e. The summed E-state index contributed by atoms with van der Waals surface area (Å²) in [5, 5.41) is 0.445. The van der Waals surface area contributed by atoms with Crippen molar-refractivity contribution in [1.82, 2.24) is 0 Å². The Balaban J connectivity index is 2.66. The summed E-state index contributed by atoms with van der Waals surface area (Å²) in [7, 11) is 3.14. The number of nitrogens with two attached hydrogens (primary N) is 1. The van der Waals surface area contributed by atoms with Crippen LogP contribution >= 0.6 is 11.6 Å². The van der Waals surface area contributed by atoms with Crippen LogP contribution in [0.3, 0.4) is 0 Å². The normalized spacial score (nSPS) is 10.2. The summed E-state index contributed by atoms with van der Waals surface area (Å²) in [5.74, 6) is 1.14. The highest BCUT2D eigenvalue weighted by molar-refractivity contribution is 6.34. The number of benzene rings is 2. The van der Waals surface area contributed by atoms with E-state index in [2.05, 4.69) is 0 Å². The number of methoxy groups -OCH3 is 2. The maximum absolute atomic E-state index is 6.23. The lowest BCUT2D eigenvalue weighted by molar-refractivity contribution is 0.396. The van der Waals surface area contributed by atoms with Gasteiger partial charge in [-0.25, -0.2) is 0 Å². The molecule has 3 nitrogen and oxygen atoms in total. The van der Waals surface area contributed by atoms with Gasteiger partial charge < -0.3 is 15.2 Å². The van der Waals surface area contributed by atoms with Crippen LogP contribution in [0.5, 0.6) is 11.5 Å². The highest BCUT2D eigenvalue weighted by Crippen LogP contribution is 2.43. The Morgan fingerprint density at radius 3 is 2.28 bits per heavy atom. The third-order valence-corrected chi connectivity index (χ3v) is 3.09. The molecule has 0 aliphatic rings. The van der Waals surface area contributed by atoms with Crippen LogP contribution in [-0.4, -0.2) is 14.2 Å². The molecule has 94 valence electrons. The van der Waals surface area contributed by atoms with E-state index >= 15 is 0 Å². The van der Waals surface area contributed by atoms with Crippen LogP contribution in [0.25, 0.3) is 11.1 Å². The van der Waals surface area contributed by atoms with E-state index in [1.165, 1.54) is 0 Å². The molecule has 2 N–H and O–H groups in total. The molecule has 0 bridgehead atoms. The summed E-state index contributed by atoms with van der Waals surface area (Å²) in [6, 6.07) is 11.3. The standard InChI is InChI=1S/C14H14ClNO2/c1-17-12-8-7-10(14(18-2)13(12)15)9-5-3-4-6-11(9)16/h3-8H,16H2,1-2H3. The fourth-order valence-electron chi connectivity index (χ4n) is 1.85. The zero-order chi connectivity index (χ0) is 13.1. The van der Waals surface area contributed by atoms with Crippen LogP contribution in [0, 0.1) is 0 Å². The van der Waals surface area contributed by atoms with Crippen molar-refractivity contribution >= 4 is 17.3 Å². The first-order chi connectivity index (χ1) is 8.69. The summed E-state index contributed by atoms with van der Waals surface area (Å²) in [6.45, 7) is 0. The highest BCUT2D eigenvalue weighted by atomic mass is 35.5. The number of ether oxygens (including phenoxy) is 2. The van der Waals surface area contributed by atoms with Crippen LogP contribution in [-0.2, 0) is 0 Å². The second-order valence-electron chi connectivity index (χ2n) is 3.75. The van der Waals surface area contributed by atoms with E-state index in [4.69, 9.17) is 26.8 Å². The van der Waals surface area contributed by atoms with E-state index in [0.29, 0.717) is 22.2 Å². The van der Waals surface area contributed by atoms with Crippen molar-refractivity contribution < 1.29 is 9.47 Å². The third kappa shape index (κ3) is 2.09. The monoisotopic (exact) mass is 263 g/mol. The fourth-order valence-corrected chi connectivity index (χ4v) is 2.17. The van der Waals surface area contributed by atoms with Gasteiger partial charge in [-0.3, -0.25) is 0 Å². The number of rotatable bonds is 3. The lowest BCUT2D eigenvalue weighted by Crippen LogP contribution is -1.95. The molecule has 2 aromatic rings. The number of nitrogen functional groups attached to an aromatic ring is 1. The van der Waals surface area contributed by atoms with Crippen molar-refractivity contribution in [1.29, 1.82) is 0 Å². The van der Waals surface area contributed by atoms with Crippen LogP contribution in [0.1, 0.15) is 0 Å². The smallest absolute Gasteiger partial charge is 0.149 e. The molecule has 18 heavy (non-hydrogen) atoms. The van der Waals surface area contributed by atoms with Gasteiger partial charge in [-0.2, -0.15) is 0 Å². The van der Waals surface area contributed by atoms with Crippen LogP contribution < -0.4 is 15.2 Å². The number of anilines is 1. The van der Waals surface area contributed by atoms with E-state index in [-0.39, 0.29) is 0 Å². The van der Waals surface area contributed by atoms with Gasteiger partial charge in [0.05, 0.1) is 14.2 Å². The quantitative estimate of drug-likeness (QED) is 0.861. The molecule has 0 aliphatic carbocycles. The molecule has 0 fully saturated rings. The maximum Gasteiger partial charge on any atom is 0.149 e. The Morgan fingerprint density at radius 2 is 1.67 bits per heavy atom. The molecule has 0 saturated carbocycles. The van der Waals surface area contributed by atoms with Gasteiger partial charge in [0, 0.05) is 16.8 Å². The molecule has 0 radical (unpaired) electrons. The number of hydrogen-bond donors (Lipinski definition) is 1. The van der Waals surface area contributed by atoms with Crippen LogP contribution in [0.4, 0.5) is 5.69 Å². The lowest BCUT2D eigenvalue weighted by atomic mass is 10.0. The van der Waals surface area contributed by atoms with Crippen molar-refractivity contribution in [3.05, 3.63) is 41.4 Å². The van der Waals surface area contributed by atoms with Gasteiger partial charge in [0.15, 0.2) is 0 Å². The minimum absolute atomic E-state index is 0.445. The van der Waals surface area contributed by atoms with E-state index in [1.807, 2.05) is 30.3 Å².